The van der Waals surface area contributed by atoms with Crippen molar-refractivity contribution in [3.8, 4) is 5.75 Å². The lowest BCUT2D eigenvalue weighted by molar-refractivity contribution is -0.160. The normalized spacial score (nSPS) is 39.3. The van der Waals surface area contributed by atoms with Crippen molar-refractivity contribution in [3.05, 3.63) is 18.2 Å². The topological polar surface area (TPSA) is 77.2 Å². The molecule has 0 amide bonds. The van der Waals surface area contributed by atoms with Crippen molar-refractivity contribution in [1.82, 2.24) is 15.0 Å². The third-order valence-electron chi connectivity index (χ3n) is 11.3. The van der Waals surface area contributed by atoms with Gasteiger partial charge < -0.3 is 9.84 Å². The van der Waals surface area contributed by atoms with Gasteiger partial charge in [-0.2, -0.15) is 0 Å². The van der Waals surface area contributed by atoms with E-state index in [0.717, 1.165) is 48.9 Å². The molecule has 3 saturated carbocycles. The van der Waals surface area contributed by atoms with Crippen LogP contribution in [0, 0.1) is 40.4 Å². The molecule has 1 heterocycles. The van der Waals surface area contributed by atoms with Crippen LogP contribution in [0.25, 0.3) is 11.0 Å². The average Bonchev–Trinajstić information content (AvgIpc) is 3.25. The molecule has 0 bridgehead atoms. The summed E-state index contributed by atoms with van der Waals surface area (Å²) >= 11 is 0. The second-order valence-electron chi connectivity index (χ2n) is 13.1. The Balaban J connectivity index is 1.35. The van der Waals surface area contributed by atoms with Crippen LogP contribution in [-0.4, -0.2) is 38.6 Å². The highest BCUT2D eigenvalue weighted by molar-refractivity contribution is 5.84. The summed E-state index contributed by atoms with van der Waals surface area (Å²) in [6.45, 7) is 11.7. The van der Waals surface area contributed by atoms with Crippen LogP contribution in [0.2, 0.25) is 0 Å². The number of aromatic nitrogens is 3. The molecule has 3 aliphatic carbocycles. The van der Waals surface area contributed by atoms with Gasteiger partial charge in [0.1, 0.15) is 17.8 Å². The zero-order valence-corrected chi connectivity index (χ0v) is 23.1. The molecule has 6 nitrogen and oxygen atoms in total. The molecule has 0 spiro atoms. The molecule has 5 rings (SSSR count). The molecular weight excluding hydrogens is 450 g/mol. The molecule has 8 atom stereocenters. The fraction of sp³-hybridized carbons (Fsp3) is 0.767. The van der Waals surface area contributed by atoms with Crippen molar-refractivity contribution >= 4 is 16.8 Å². The number of ketones is 1. The molecule has 1 aromatic heterocycles. The van der Waals surface area contributed by atoms with Crippen LogP contribution in [0.4, 0.5) is 0 Å². The lowest BCUT2D eigenvalue weighted by atomic mass is 9.42. The maximum atomic E-state index is 13.7. The number of ether oxygens (including phenoxy) is 1. The number of hydrogen-bond donors (Lipinski definition) is 1. The number of Topliss-reactive ketones (excluding diaryl/α,β-unsaturated/α-hetero) is 1. The number of benzene rings is 1. The molecular formula is C30H45N3O3. The number of fused-ring (bicyclic) bond motifs is 4. The molecule has 0 saturated heterocycles. The minimum atomic E-state index is -0.498. The van der Waals surface area contributed by atoms with E-state index in [2.05, 4.69) is 38.0 Å². The lowest BCUT2D eigenvalue weighted by Gasteiger charge is -2.63. The summed E-state index contributed by atoms with van der Waals surface area (Å²) in [7, 11) is 1.64. The van der Waals surface area contributed by atoms with Gasteiger partial charge in [-0.25, -0.2) is 4.68 Å². The van der Waals surface area contributed by atoms with Crippen molar-refractivity contribution in [2.24, 2.45) is 40.4 Å². The highest BCUT2D eigenvalue weighted by Crippen LogP contribution is 2.65. The zero-order valence-electron chi connectivity index (χ0n) is 23.1. The molecule has 0 radical (unpaired) electrons. The smallest absolute Gasteiger partial charge is 0.157 e. The molecule has 0 aliphatic heterocycles. The van der Waals surface area contributed by atoms with Gasteiger partial charge in [-0.15, -0.1) is 5.10 Å². The third kappa shape index (κ3) is 4.08. The first-order chi connectivity index (χ1) is 17.0. The molecule has 1 N–H and O–H groups in total. The van der Waals surface area contributed by atoms with E-state index in [4.69, 9.17) is 4.74 Å². The zero-order chi connectivity index (χ0) is 25.9. The SMILES string of the molecule is CC[C@H]1[C@@H]2CC[C@H]3C[C@](C)(O)CC[C@]3(C)[C@H]2CC[C@]1(C)[C@H](C)C(=O)Cn1nnc2cc(OC)ccc21. The maximum absolute atomic E-state index is 13.7. The minimum absolute atomic E-state index is 0.00401. The van der Waals surface area contributed by atoms with Crippen LogP contribution in [0.15, 0.2) is 18.2 Å². The molecule has 0 unspecified atom stereocenters. The Morgan fingerprint density at radius 1 is 1.19 bits per heavy atom. The fourth-order valence-corrected chi connectivity index (χ4v) is 8.93. The first-order valence-electron chi connectivity index (χ1n) is 14.1. The number of methoxy groups -OCH3 is 1. The molecule has 1 aromatic carbocycles. The summed E-state index contributed by atoms with van der Waals surface area (Å²) in [5.74, 6) is 3.53. The van der Waals surface area contributed by atoms with Gasteiger partial charge in [-0.3, -0.25) is 4.79 Å². The molecule has 36 heavy (non-hydrogen) atoms. The van der Waals surface area contributed by atoms with E-state index < -0.39 is 5.60 Å². The van der Waals surface area contributed by atoms with E-state index in [1.807, 2.05) is 25.1 Å². The summed E-state index contributed by atoms with van der Waals surface area (Å²) in [6.07, 6.45) is 8.90. The predicted octanol–water partition coefficient (Wildman–Crippen LogP) is 6.06. The Hall–Kier alpha value is -1.95. The van der Waals surface area contributed by atoms with Crippen LogP contribution in [0.5, 0.6) is 5.75 Å². The van der Waals surface area contributed by atoms with E-state index in [9.17, 15) is 9.90 Å². The van der Waals surface area contributed by atoms with Gasteiger partial charge in [0.25, 0.3) is 0 Å². The predicted molar refractivity (Wildman–Crippen MR) is 142 cm³/mol. The number of carbonyl (C=O) groups is 1. The Bertz CT molecular complexity index is 1130. The highest BCUT2D eigenvalue weighted by atomic mass is 16.5. The first kappa shape index (κ1) is 25.7. The van der Waals surface area contributed by atoms with Crippen LogP contribution >= 0.6 is 0 Å². The Morgan fingerprint density at radius 3 is 2.69 bits per heavy atom. The van der Waals surface area contributed by atoms with E-state index in [-0.39, 0.29) is 23.7 Å². The second kappa shape index (κ2) is 9.11. The standard InChI is InChI=1S/C30H45N3O3/c1-7-23-22-10-8-20-17-28(3,35)14-15-30(20,5)24(22)12-13-29(23,4)19(2)27(34)18-33-26-11-9-21(36-6)16-25(26)31-32-33/h9,11,16,19-20,22-24,35H,7-8,10,12-15,17-18H2,1-6H3/t19-,20+,22+,23+,24+,28-,29-,30+/m1/s1. The number of rotatable bonds is 6. The van der Waals surface area contributed by atoms with Gasteiger partial charge >= 0.3 is 0 Å². The van der Waals surface area contributed by atoms with Crippen LogP contribution in [0.1, 0.15) is 86.0 Å². The Morgan fingerprint density at radius 2 is 1.97 bits per heavy atom. The van der Waals surface area contributed by atoms with Crippen LogP contribution < -0.4 is 4.74 Å². The number of aliphatic hydroxyl groups is 1. The minimum Gasteiger partial charge on any atom is -0.497 e. The summed E-state index contributed by atoms with van der Waals surface area (Å²) < 4.78 is 7.06. The lowest BCUT2D eigenvalue weighted by Crippen LogP contribution is -2.57. The Kier molecular flexibility index (Phi) is 6.50. The second-order valence-corrected chi connectivity index (χ2v) is 13.1. The summed E-state index contributed by atoms with van der Waals surface area (Å²) in [5.41, 5.74) is 1.45. The van der Waals surface area contributed by atoms with Gasteiger partial charge in [0.2, 0.25) is 0 Å². The summed E-state index contributed by atoms with van der Waals surface area (Å²) in [5, 5.41) is 19.4. The van der Waals surface area contributed by atoms with E-state index in [0.29, 0.717) is 29.1 Å². The summed E-state index contributed by atoms with van der Waals surface area (Å²) in [4.78, 5) is 13.7. The monoisotopic (exact) mass is 495 g/mol. The number of carbonyl (C=O) groups excluding carboxylic acids is 1. The molecule has 2 aromatic rings. The first-order valence-corrected chi connectivity index (χ1v) is 14.1. The molecule has 198 valence electrons. The van der Waals surface area contributed by atoms with Crippen LogP contribution in [0.3, 0.4) is 0 Å². The fourth-order valence-electron chi connectivity index (χ4n) is 8.93. The van der Waals surface area contributed by atoms with E-state index in [1.165, 1.54) is 19.3 Å². The van der Waals surface area contributed by atoms with Crippen molar-refractivity contribution in [3.63, 3.8) is 0 Å². The molecule has 6 heteroatoms. The van der Waals surface area contributed by atoms with Gasteiger partial charge in [-0.1, -0.05) is 39.3 Å². The number of hydrogen-bond acceptors (Lipinski definition) is 5. The molecule has 3 aliphatic rings. The van der Waals surface area contributed by atoms with Gasteiger partial charge in [0, 0.05) is 12.0 Å². The highest BCUT2D eigenvalue weighted by Gasteiger charge is 2.59. The van der Waals surface area contributed by atoms with Crippen molar-refractivity contribution in [2.45, 2.75) is 98.1 Å². The van der Waals surface area contributed by atoms with Crippen molar-refractivity contribution in [1.29, 1.82) is 0 Å². The number of nitrogens with zero attached hydrogens (tertiary/aromatic N) is 3. The largest absolute Gasteiger partial charge is 0.497 e. The van der Waals surface area contributed by atoms with Crippen LogP contribution in [-0.2, 0) is 11.3 Å². The third-order valence-corrected chi connectivity index (χ3v) is 11.3. The van der Waals surface area contributed by atoms with E-state index in [1.54, 1.807) is 11.8 Å². The van der Waals surface area contributed by atoms with E-state index >= 15 is 0 Å². The van der Waals surface area contributed by atoms with Gasteiger partial charge in [-0.05, 0) is 98.5 Å². The summed E-state index contributed by atoms with van der Waals surface area (Å²) in [6, 6.07) is 5.70. The quantitative estimate of drug-likeness (QED) is 0.527. The molecule has 3 fully saturated rings. The Labute approximate surface area is 216 Å². The van der Waals surface area contributed by atoms with Gasteiger partial charge in [0.15, 0.2) is 5.78 Å². The van der Waals surface area contributed by atoms with Crippen molar-refractivity contribution < 1.29 is 14.6 Å². The van der Waals surface area contributed by atoms with Crippen molar-refractivity contribution in [2.75, 3.05) is 7.11 Å². The maximum Gasteiger partial charge on any atom is 0.157 e. The van der Waals surface area contributed by atoms with Gasteiger partial charge in [0.05, 0.1) is 18.2 Å². The average molecular weight is 496 g/mol.